The van der Waals surface area contributed by atoms with Gasteiger partial charge in [0.1, 0.15) is 0 Å². The first-order chi connectivity index (χ1) is 7.22. The fourth-order valence-electron chi connectivity index (χ4n) is 2.61. The van der Waals surface area contributed by atoms with Gasteiger partial charge in [0, 0.05) is 5.54 Å². The summed E-state index contributed by atoms with van der Waals surface area (Å²) in [6.07, 6.45) is 4.52. The number of nitrogens with two attached hydrogens (primary N) is 1. The second kappa shape index (κ2) is 4.75. The molecule has 1 rings (SSSR count). The van der Waals surface area contributed by atoms with Gasteiger partial charge in [0.15, 0.2) is 0 Å². The van der Waals surface area contributed by atoms with Crippen LogP contribution >= 0.6 is 0 Å². The molecule has 1 aliphatic rings. The van der Waals surface area contributed by atoms with Crippen molar-refractivity contribution in [2.24, 2.45) is 17.6 Å². The Kier molecular flexibility index (Phi) is 4.01. The minimum atomic E-state index is -0.0988. The zero-order valence-electron chi connectivity index (χ0n) is 11.7. The molecule has 0 aromatic carbocycles. The van der Waals surface area contributed by atoms with Crippen LogP contribution in [0.4, 0.5) is 0 Å². The van der Waals surface area contributed by atoms with E-state index in [1.807, 2.05) is 0 Å². The SMILES string of the molecule is CC(C)C1=C(C(C)C)C(CC(C)(C)N)=CC1. The molecule has 1 aliphatic carbocycles. The van der Waals surface area contributed by atoms with Crippen LogP contribution in [0.5, 0.6) is 0 Å². The van der Waals surface area contributed by atoms with Crippen molar-refractivity contribution in [2.75, 3.05) is 0 Å². The Morgan fingerprint density at radius 1 is 1.19 bits per heavy atom. The van der Waals surface area contributed by atoms with Gasteiger partial charge in [-0.1, -0.05) is 39.3 Å². The van der Waals surface area contributed by atoms with Gasteiger partial charge in [-0.2, -0.15) is 0 Å². The molecular weight excluding hydrogens is 194 g/mol. The Hall–Kier alpha value is -0.560. The first-order valence-electron chi connectivity index (χ1n) is 6.43. The summed E-state index contributed by atoms with van der Waals surface area (Å²) in [5, 5.41) is 0. The van der Waals surface area contributed by atoms with Crippen molar-refractivity contribution < 1.29 is 0 Å². The zero-order valence-corrected chi connectivity index (χ0v) is 11.7. The lowest BCUT2D eigenvalue weighted by Gasteiger charge is -2.24. The standard InChI is InChI=1S/C15H27N/c1-10(2)13-8-7-12(9-15(5,6)16)14(13)11(3)4/h7,10-11H,8-9,16H2,1-6H3. The molecule has 0 amide bonds. The van der Waals surface area contributed by atoms with Gasteiger partial charge in [0.05, 0.1) is 0 Å². The highest BCUT2D eigenvalue weighted by molar-refractivity contribution is 5.45. The molecule has 0 aromatic heterocycles. The van der Waals surface area contributed by atoms with Gasteiger partial charge in [-0.05, 0) is 49.7 Å². The summed E-state index contributed by atoms with van der Waals surface area (Å²) in [6.45, 7) is 13.4. The highest BCUT2D eigenvalue weighted by Crippen LogP contribution is 2.38. The highest BCUT2D eigenvalue weighted by Gasteiger charge is 2.25. The number of allylic oxidation sites excluding steroid dienone is 3. The summed E-state index contributed by atoms with van der Waals surface area (Å²) < 4.78 is 0. The van der Waals surface area contributed by atoms with E-state index in [-0.39, 0.29) is 5.54 Å². The van der Waals surface area contributed by atoms with Crippen molar-refractivity contribution in [1.29, 1.82) is 0 Å². The average Bonchev–Trinajstić information content (AvgIpc) is 2.44. The van der Waals surface area contributed by atoms with Crippen molar-refractivity contribution in [1.82, 2.24) is 0 Å². The van der Waals surface area contributed by atoms with E-state index < -0.39 is 0 Å². The van der Waals surface area contributed by atoms with Crippen LogP contribution in [0.15, 0.2) is 22.8 Å². The normalized spacial score (nSPS) is 17.7. The molecule has 0 heterocycles. The van der Waals surface area contributed by atoms with Crippen LogP contribution in [0, 0.1) is 11.8 Å². The molecule has 0 fully saturated rings. The summed E-state index contributed by atoms with van der Waals surface area (Å²) in [4.78, 5) is 0. The molecule has 0 spiro atoms. The largest absolute Gasteiger partial charge is 0.325 e. The first kappa shape index (κ1) is 13.5. The van der Waals surface area contributed by atoms with E-state index in [2.05, 4.69) is 47.6 Å². The Bertz CT molecular complexity index is 311. The molecule has 0 unspecified atom stereocenters. The predicted octanol–water partition coefficient (Wildman–Crippen LogP) is 4.05. The number of rotatable bonds is 4. The smallest absolute Gasteiger partial charge is 0.0138 e. The Balaban J connectivity index is 2.96. The van der Waals surface area contributed by atoms with E-state index >= 15 is 0 Å². The highest BCUT2D eigenvalue weighted by atomic mass is 14.7. The monoisotopic (exact) mass is 221 g/mol. The zero-order chi connectivity index (χ0) is 12.5. The third-order valence-corrected chi connectivity index (χ3v) is 3.18. The van der Waals surface area contributed by atoms with Crippen LogP contribution in [0.25, 0.3) is 0 Å². The van der Waals surface area contributed by atoms with E-state index in [0.717, 1.165) is 12.8 Å². The molecule has 0 saturated heterocycles. The van der Waals surface area contributed by atoms with Gasteiger partial charge in [-0.25, -0.2) is 0 Å². The van der Waals surface area contributed by atoms with Crippen molar-refractivity contribution in [2.45, 2.75) is 59.9 Å². The van der Waals surface area contributed by atoms with Gasteiger partial charge in [0.2, 0.25) is 0 Å². The van der Waals surface area contributed by atoms with Crippen LogP contribution in [0.3, 0.4) is 0 Å². The van der Waals surface area contributed by atoms with Gasteiger partial charge < -0.3 is 5.73 Å². The van der Waals surface area contributed by atoms with E-state index in [1.165, 1.54) is 5.57 Å². The molecule has 92 valence electrons. The molecule has 2 N–H and O–H groups in total. The Labute approximate surface area is 101 Å². The molecule has 1 nitrogen and oxygen atoms in total. The molecular formula is C15H27N. The van der Waals surface area contributed by atoms with Gasteiger partial charge in [-0.15, -0.1) is 0 Å². The lowest BCUT2D eigenvalue weighted by atomic mass is 9.85. The van der Waals surface area contributed by atoms with E-state index in [0.29, 0.717) is 11.8 Å². The van der Waals surface area contributed by atoms with E-state index in [4.69, 9.17) is 5.73 Å². The van der Waals surface area contributed by atoms with Crippen molar-refractivity contribution in [3.05, 3.63) is 22.8 Å². The van der Waals surface area contributed by atoms with Crippen LogP contribution in [-0.2, 0) is 0 Å². The van der Waals surface area contributed by atoms with E-state index in [9.17, 15) is 0 Å². The Morgan fingerprint density at radius 3 is 2.12 bits per heavy atom. The summed E-state index contributed by atoms with van der Waals surface area (Å²) in [5.41, 5.74) is 10.7. The number of hydrogen-bond acceptors (Lipinski definition) is 1. The second-order valence-electron chi connectivity index (χ2n) is 6.35. The number of hydrogen-bond donors (Lipinski definition) is 1. The van der Waals surface area contributed by atoms with Gasteiger partial charge >= 0.3 is 0 Å². The average molecular weight is 221 g/mol. The van der Waals surface area contributed by atoms with Crippen molar-refractivity contribution in [3.63, 3.8) is 0 Å². The van der Waals surface area contributed by atoms with Gasteiger partial charge in [-0.3, -0.25) is 0 Å². The van der Waals surface area contributed by atoms with Crippen molar-refractivity contribution in [3.8, 4) is 0 Å². The fraction of sp³-hybridized carbons (Fsp3) is 0.733. The summed E-state index contributed by atoms with van der Waals surface area (Å²) >= 11 is 0. The maximum atomic E-state index is 6.14. The summed E-state index contributed by atoms with van der Waals surface area (Å²) in [7, 11) is 0. The summed E-state index contributed by atoms with van der Waals surface area (Å²) in [6, 6.07) is 0. The molecule has 1 heteroatoms. The maximum absolute atomic E-state index is 6.14. The quantitative estimate of drug-likeness (QED) is 0.761. The molecule has 0 saturated carbocycles. The topological polar surface area (TPSA) is 26.0 Å². The minimum Gasteiger partial charge on any atom is -0.325 e. The Morgan fingerprint density at radius 2 is 1.75 bits per heavy atom. The molecule has 0 radical (unpaired) electrons. The van der Waals surface area contributed by atoms with Crippen LogP contribution in [0.2, 0.25) is 0 Å². The lowest BCUT2D eigenvalue weighted by Crippen LogP contribution is -2.32. The van der Waals surface area contributed by atoms with Crippen LogP contribution in [-0.4, -0.2) is 5.54 Å². The van der Waals surface area contributed by atoms with Crippen LogP contribution < -0.4 is 5.73 Å². The molecule has 0 atom stereocenters. The first-order valence-corrected chi connectivity index (χ1v) is 6.43. The third kappa shape index (κ3) is 3.21. The lowest BCUT2D eigenvalue weighted by molar-refractivity contribution is 0.511. The van der Waals surface area contributed by atoms with Crippen molar-refractivity contribution >= 4 is 0 Å². The minimum absolute atomic E-state index is 0.0988. The molecule has 0 aliphatic heterocycles. The fourth-order valence-corrected chi connectivity index (χ4v) is 2.61. The molecule has 16 heavy (non-hydrogen) atoms. The maximum Gasteiger partial charge on any atom is 0.0138 e. The van der Waals surface area contributed by atoms with Gasteiger partial charge in [0.25, 0.3) is 0 Å². The van der Waals surface area contributed by atoms with E-state index in [1.54, 1.807) is 11.1 Å². The molecule has 0 bridgehead atoms. The third-order valence-electron chi connectivity index (χ3n) is 3.18. The second-order valence-corrected chi connectivity index (χ2v) is 6.35. The van der Waals surface area contributed by atoms with Crippen LogP contribution in [0.1, 0.15) is 54.4 Å². The predicted molar refractivity (Wildman–Crippen MR) is 72.3 cm³/mol. The summed E-state index contributed by atoms with van der Waals surface area (Å²) in [5.74, 6) is 1.28. The molecule has 0 aromatic rings.